The van der Waals surface area contributed by atoms with Crippen molar-refractivity contribution < 1.29 is 9.59 Å². The molecule has 2 aliphatic rings. The Morgan fingerprint density at radius 2 is 1.88 bits per heavy atom. The minimum atomic E-state index is -0.0683. The summed E-state index contributed by atoms with van der Waals surface area (Å²) in [5.41, 5.74) is 0.628. The first-order valence-electron chi connectivity index (χ1n) is 6.17. The zero-order valence-electron chi connectivity index (χ0n) is 9.86. The van der Waals surface area contributed by atoms with E-state index in [9.17, 15) is 9.59 Å². The molecule has 0 N–H and O–H groups in total. The van der Waals surface area contributed by atoms with Gasteiger partial charge in [0.25, 0.3) is 11.8 Å². The van der Waals surface area contributed by atoms with Crippen LogP contribution < -0.4 is 0 Å². The molecular weight excluding hydrogens is 234 g/mol. The van der Waals surface area contributed by atoms with Crippen molar-refractivity contribution in [2.24, 2.45) is 0 Å². The number of amides is 2. The van der Waals surface area contributed by atoms with Crippen molar-refractivity contribution in [2.45, 2.75) is 45.1 Å². The second-order valence-electron chi connectivity index (χ2n) is 4.87. The molecule has 17 heavy (non-hydrogen) atoms. The van der Waals surface area contributed by atoms with Gasteiger partial charge in [-0.1, -0.05) is 19.3 Å². The molecular formula is C13H15NO2S. The molecule has 0 unspecified atom stereocenters. The number of hydrogen-bond donors (Lipinski definition) is 0. The van der Waals surface area contributed by atoms with Crippen LogP contribution in [-0.4, -0.2) is 22.8 Å². The van der Waals surface area contributed by atoms with E-state index in [1.54, 1.807) is 0 Å². The summed E-state index contributed by atoms with van der Waals surface area (Å²) < 4.78 is 0. The summed E-state index contributed by atoms with van der Waals surface area (Å²) in [4.78, 5) is 27.7. The third-order valence-electron chi connectivity index (χ3n) is 3.66. The Labute approximate surface area is 104 Å². The molecule has 1 saturated carbocycles. The normalized spacial score (nSPS) is 21.1. The number of imide groups is 1. The van der Waals surface area contributed by atoms with Crippen LogP contribution in [0.4, 0.5) is 0 Å². The van der Waals surface area contributed by atoms with Crippen molar-refractivity contribution in [3.05, 3.63) is 21.4 Å². The number of thiophene rings is 1. The lowest BCUT2D eigenvalue weighted by Gasteiger charge is -2.29. The Balaban J connectivity index is 1.92. The summed E-state index contributed by atoms with van der Waals surface area (Å²) in [6.45, 7) is 1.94. The molecule has 3 rings (SSSR count). The topological polar surface area (TPSA) is 37.4 Å². The van der Waals surface area contributed by atoms with Gasteiger partial charge in [-0.25, -0.2) is 0 Å². The van der Waals surface area contributed by atoms with Gasteiger partial charge < -0.3 is 0 Å². The maximum atomic E-state index is 12.2. The molecule has 3 nitrogen and oxygen atoms in total. The average molecular weight is 249 g/mol. The number of rotatable bonds is 1. The summed E-state index contributed by atoms with van der Waals surface area (Å²) in [5.74, 6) is -0.128. The smallest absolute Gasteiger partial charge is 0.270 e. The molecule has 1 aromatic heterocycles. The van der Waals surface area contributed by atoms with E-state index in [0.717, 1.165) is 30.6 Å². The Morgan fingerprint density at radius 3 is 2.53 bits per heavy atom. The second-order valence-corrected chi connectivity index (χ2v) is 6.13. The van der Waals surface area contributed by atoms with Crippen LogP contribution in [0.1, 0.15) is 57.0 Å². The second kappa shape index (κ2) is 3.95. The van der Waals surface area contributed by atoms with E-state index in [1.807, 2.05) is 13.0 Å². The van der Waals surface area contributed by atoms with Gasteiger partial charge in [0.15, 0.2) is 0 Å². The van der Waals surface area contributed by atoms with Crippen molar-refractivity contribution in [2.75, 3.05) is 0 Å². The monoisotopic (exact) mass is 249 g/mol. The Hall–Kier alpha value is -1.16. The maximum absolute atomic E-state index is 12.2. The summed E-state index contributed by atoms with van der Waals surface area (Å²) in [6.07, 6.45) is 5.45. The van der Waals surface area contributed by atoms with E-state index in [2.05, 4.69) is 0 Å². The molecule has 1 aliphatic carbocycles. The molecule has 0 bridgehead atoms. The molecule has 0 spiro atoms. The SMILES string of the molecule is Cc1cc2c(s1)C(=O)N(C1CCCCC1)C2=O. The molecule has 0 aromatic carbocycles. The summed E-state index contributed by atoms with van der Waals surface area (Å²) in [7, 11) is 0. The van der Waals surface area contributed by atoms with Gasteiger partial charge in [0.1, 0.15) is 4.88 Å². The maximum Gasteiger partial charge on any atom is 0.271 e. The number of hydrogen-bond acceptors (Lipinski definition) is 3. The van der Waals surface area contributed by atoms with Crippen LogP contribution in [0.5, 0.6) is 0 Å². The summed E-state index contributed by atoms with van der Waals surface area (Å²) in [5, 5.41) is 0. The zero-order chi connectivity index (χ0) is 12.0. The van der Waals surface area contributed by atoms with Gasteiger partial charge >= 0.3 is 0 Å². The minimum absolute atomic E-state index is 0.0602. The predicted octanol–water partition coefficient (Wildman–Crippen LogP) is 2.99. The van der Waals surface area contributed by atoms with Crippen LogP contribution in [-0.2, 0) is 0 Å². The average Bonchev–Trinajstić information content (AvgIpc) is 2.81. The fourth-order valence-corrected chi connectivity index (χ4v) is 3.77. The van der Waals surface area contributed by atoms with Crippen LogP contribution in [0.15, 0.2) is 6.07 Å². The van der Waals surface area contributed by atoms with E-state index in [-0.39, 0.29) is 17.9 Å². The quantitative estimate of drug-likeness (QED) is 0.717. The molecule has 1 aliphatic heterocycles. The molecule has 4 heteroatoms. The van der Waals surface area contributed by atoms with Crippen molar-refractivity contribution in [3.63, 3.8) is 0 Å². The Kier molecular flexibility index (Phi) is 2.54. The third kappa shape index (κ3) is 1.62. The number of carbonyl (C=O) groups excluding carboxylic acids is 2. The molecule has 0 atom stereocenters. The van der Waals surface area contributed by atoms with Gasteiger partial charge in [-0.05, 0) is 25.8 Å². The van der Waals surface area contributed by atoms with E-state index >= 15 is 0 Å². The fraction of sp³-hybridized carbons (Fsp3) is 0.538. The molecule has 2 heterocycles. The molecule has 90 valence electrons. The first-order valence-corrected chi connectivity index (χ1v) is 6.98. The largest absolute Gasteiger partial charge is 0.271 e. The van der Waals surface area contributed by atoms with E-state index < -0.39 is 0 Å². The first-order chi connectivity index (χ1) is 8.18. The third-order valence-corrected chi connectivity index (χ3v) is 4.70. The molecule has 1 aromatic rings. The van der Waals surface area contributed by atoms with Crippen LogP contribution >= 0.6 is 11.3 Å². The van der Waals surface area contributed by atoms with Crippen molar-refractivity contribution in [3.8, 4) is 0 Å². The lowest BCUT2D eigenvalue weighted by Crippen LogP contribution is -2.40. The Bertz CT molecular complexity index is 452. The van der Waals surface area contributed by atoms with E-state index in [1.165, 1.54) is 22.7 Å². The predicted molar refractivity (Wildman–Crippen MR) is 66.4 cm³/mol. The highest BCUT2D eigenvalue weighted by atomic mass is 32.1. The fourth-order valence-electron chi connectivity index (χ4n) is 2.83. The van der Waals surface area contributed by atoms with E-state index in [0.29, 0.717) is 10.4 Å². The first kappa shape index (κ1) is 11.0. The van der Waals surface area contributed by atoms with Crippen LogP contribution in [0.25, 0.3) is 0 Å². The van der Waals surface area contributed by atoms with Crippen LogP contribution in [0, 0.1) is 6.92 Å². The highest BCUT2D eigenvalue weighted by Crippen LogP contribution is 2.34. The van der Waals surface area contributed by atoms with Gasteiger partial charge in [0, 0.05) is 10.9 Å². The van der Waals surface area contributed by atoms with Gasteiger partial charge in [-0.2, -0.15) is 0 Å². The highest BCUT2D eigenvalue weighted by molar-refractivity contribution is 7.14. The summed E-state index contributed by atoms with van der Waals surface area (Å²) in [6, 6.07) is 1.99. The number of aryl methyl sites for hydroxylation is 1. The van der Waals surface area contributed by atoms with Crippen molar-refractivity contribution in [1.29, 1.82) is 0 Å². The lowest BCUT2D eigenvalue weighted by molar-refractivity contribution is 0.0550. The zero-order valence-corrected chi connectivity index (χ0v) is 10.7. The number of nitrogens with zero attached hydrogens (tertiary/aromatic N) is 1. The molecule has 2 amide bonds. The number of fused-ring (bicyclic) bond motifs is 1. The highest BCUT2D eigenvalue weighted by Gasteiger charge is 2.41. The molecule has 0 saturated heterocycles. The van der Waals surface area contributed by atoms with Crippen LogP contribution in [0.2, 0.25) is 0 Å². The molecule has 0 radical (unpaired) electrons. The van der Waals surface area contributed by atoms with E-state index in [4.69, 9.17) is 0 Å². The lowest BCUT2D eigenvalue weighted by atomic mass is 9.94. The van der Waals surface area contributed by atoms with Crippen molar-refractivity contribution in [1.82, 2.24) is 4.90 Å². The number of carbonyl (C=O) groups is 2. The van der Waals surface area contributed by atoms with Crippen LogP contribution in [0.3, 0.4) is 0 Å². The van der Waals surface area contributed by atoms with Gasteiger partial charge in [0.2, 0.25) is 0 Å². The van der Waals surface area contributed by atoms with Gasteiger partial charge in [-0.15, -0.1) is 11.3 Å². The standard InChI is InChI=1S/C13H15NO2S/c1-8-7-10-11(17-8)13(16)14(12(10)15)9-5-3-2-4-6-9/h7,9H,2-6H2,1H3. The van der Waals surface area contributed by atoms with Gasteiger partial charge in [0.05, 0.1) is 5.56 Å². The summed E-state index contributed by atoms with van der Waals surface area (Å²) >= 11 is 1.44. The Morgan fingerprint density at radius 1 is 1.18 bits per heavy atom. The van der Waals surface area contributed by atoms with Gasteiger partial charge in [-0.3, -0.25) is 14.5 Å². The van der Waals surface area contributed by atoms with Crippen molar-refractivity contribution >= 4 is 23.2 Å². The minimum Gasteiger partial charge on any atom is -0.270 e. The molecule has 1 fully saturated rings.